The zero-order chi connectivity index (χ0) is 15.2. The second-order valence-electron chi connectivity index (χ2n) is 4.11. The van der Waals surface area contributed by atoms with Gasteiger partial charge in [-0.25, -0.2) is 9.02 Å². The number of anilines is 2. The van der Waals surface area contributed by atoms with Gasteiger partial charge < -0.3 is 15.4 Å². The second-order valence-corrected chi connectivity index (χ2v) is 4.97. The number of benzene rings is 1. The molecule has 112 valence electrons. The molecule has 0 saturated carbocycles. The molecule has 21 heavy (non-hydrogen) atoms. The standard InChI is InChI=1S/C13H14BrFN4O2/c1-8(17-9-3-4-11(15)10(14)7-9)12-13(19-21-18-12)16-5-6-20-2/h3-4,7,17H,1,5-6H2,2H3,(H,16,19). The summed E-state index contributed by atoms with van der Waals surface area (Å²) in [4.78, 5) is 0. The molecule has 0 atom stereocenters. The van der Waals surface area contributed by atoms with Crippen LogP contribution in [0.5, 0.6) is 0 Å². The smallest absolute Gasteiger partial charge is 0.200 e. The number of aromatic nitrogens is 2. The van der Waals surface area contributed by atoms with Crippen LogP contribution in [0.4, 0.5) is 15.9 Å². The molecule has 1 heterocycles. The first-order chi connectivity index (χ1) is 10.1. The van der Waals surface area contributed by atoms with Crippen LogP contribution in [0.3, 0.4) is 0 Å². The van der Waals surface area contributed by atoms with Crippen molar-refractivity contribution in [3.05, 3.63) is 40.8 Å². The summed E-state index contributed by atoms with van der Waals surface area (Å²) in [6, 6.07) is 4.54. The van der Waals surface area contributed by atoms with Crippen molar-refractivity contribution in [1.82, 2.24) is 10.3 Å². The van der Waals surface area contributed by atoms with E-state index in [4.69, 9.17) is 9.37 Å². The van der Waals surface area contributed by atoms with Crippen LogP contribution in [0.15, 0.2) is 33.9 Å². The molecule has 0 aliphatic rings. The van der Waals surface area contributed by atoms with E-state index in [1.165, 1.54) is 6.07 Å². The average molecular weight is 357 g/mol. The van der Waals surface area contributed by atoms with Gasteiger partial charge in [-0.1, -0.05) is 6.58 Å². The Hall–Kier alpha value is -1.93. The molecule has 0 aliphatic heterocycles. The molecule has 0 fully saturated rings. The monoisotopic (exact) mass is 356 g/mol. The largest absolute Gasteiger partial charge is 0.383 e. The molecule has 0 amide bonds. The highest BCUT2D eigenvalue weighted by atomic mass is 79.9. The van der Waals surface area contributed by atoms with Gasteiger partial charge in [0.25, 0.3) is 0 Å². The number of methoxy groups -OCH3 is 1. The van der Waals surface area contributed by atoms with Crippen LogP contribution in [0.25, 0.3) is 5.70 Å². The maximum Gasteiger partial charge on any atom is 0.200 e. The summed E-state index contributed by atoms with van der Waals surface area (Å²) >= 11 is 3.12. The van der Waals surface area contributed by atoms with E-state index < -0.39 is 0 Å². The summed E-state index contributed by atoms with van der Waals surface area (Å²) in [7, 11) is 1.61. The SMILES string of the molecule is C=C(Nc1ccc(F)c(Br)c1)c1nonc1NCCOC. The summed E-state index contributed by atoms with van der Waals surface area (Å²) in [6.45, 7) is 4.97. The Kier molecular flexibility index (Phi) is 5.29. The second kappa shape index (κ2) is 7.19. The van der Waals surface area contributed by atoms with Crippen LogP contribution in [-0.2, 0) is 4.74 Å². The number of halogens is 2. The third-order valence-corrected chi connectivity index (χ3v) is 3.20. The molecule has 6 nitrogen and oxygen atoms in total. The molecule has 2 rings (SSSR count). The number of nitrogens with zero attached hydrogens (tertiary/aromatic N) is 2. The Morgan fingerprint density at radius 1 is 1.48 bits per heavy atom. The highest BCUT2D eigenvalue weighted by Crippen LogP contribution is 2.24. The quantitative estimate of drug-likeness (QED) is 0.742. The van der Waals surface area contributed by atoms with Gasteiger partial charge in [-0.3, -0.25) is 0 Å². The fraction of sp³-hybridized carbons (Fsp3) is 0.231. The van der Waals surface area contributed by atoms with Crippen LogP contribution >= 0.6 is 15.9 Å². The van der Waals surface area contributed by atoms with E-state index in [2.05, 4.69) is 43.5 Å². The molecular formula is C13H14BrFN4O2. The van der Waals surface area contributed by atoms with Crippen molar-refractivity contribution in [3.8, 4) is 0 Å². The van der Waals surface area contributed by atoms with E-state index in [0.29, 0.717) is 40.5 Å². The van der Waals surface area contributed by atoms with Crippen LogP contribution < -0.4 is 10.6 Å². The van der Waals surface area contributed by atoms with Crippen LogP contribution in [0.2, 0.25) is 0 Å². The zero-order valence-electron chi connectivity index (χ0n) is 11.3. The summed E-state index contributed by atoms with van der Waals surface area (Å²) in [5, 5.41) is 13.6. The molecule has 0 saturated heterocycles. The number of rotatable bonds is 7. The van der Waals surface area contributed by atoms with Gasteiger partial charge in [0.2, 0.25) is 5.82 Å². The highest BCUT2D eigenvalue weighted by molar-refractivity contribution is 9.10. The Balaban J connectivity index is 2.06. The Bertz CT molecular complexity index is 632. The molecule has 0 aliphatic carbocycles. The molecule has 0 bridgehead atoms. The topological polar surface area (TPSA) is 72.2 Å². The number of hydrogen-bond acceptors (Lipinski definition) is 6. The number of ether oxygens (including phenoxy) is 1. The highest BCUT2D eigenvalue weighted by Gasteiger charge is 2.13. The van der Waals surface area contributed by atoms with Gasteiger partial charge in [-0.2, -0.15) is 0 Å². The average Bonchev–Trinajstić information content (AvgIpc) is 2.92. The molecular weight excluding hydrogens is 343 g/mol. The predicted molar refractivity (Wildman–Crippen MR) is 81.4 cm³/mol. The van der Waals surface area contributed by atoms with E-state index in [1.54, 1.807) is 19.2 Å². The van der Waals surface area contributed by atoms with Crippen molar-refractivity contribution in [2.75, 3.05) is 30.9 Å². The van der Waals surface area contributed by atoms with Crippen molar-refractivity contribution in [2.24, 2.45) is 0 Å². The molecule has 0 spiro atoms. The van der Waals surface area contributed by atoms with Crippen molar-refractivity contribution in [2.45, 2.75) is 0 Å². The molecule has 0 unspecified atom stereocenters. The summed E-state index contributed by atoms with van der Waals surface area (Å²) in [6.07, 6.45) is 0. The van der Waals surface area contributed by atoms with Gasteiger partial charge in [-0.05, 0) is 44.4 Å². The minimum Gasteiger partial charge on any atom is -0.383 e. The Labute approximate surface area is 129 Å². The fourth-order valence-corrected chi connectivity index (χ4v) is 1.96. The lowest BCUT2D eigenvalue weighted by atomic mass is 10.2. The minimum atomic E-state index is -0.337. The minimum absolute atomic E-state index is 0.337. The van der Waals surface area contributed by atoms with Gasteiger partial charge in [0, 0.05) is 19.3 Å². The third kappa shape index (κ3) is 4.02. The van der Waals surface area contributed by atoms with Gasteiger partial charge in [0.15, 0.2) is 5.69 Å². The van der Waals surface area contributed by atoms with Gasteiger partial charge in [0.05, 0.1) is 16.8 Å². The van der Waals surface area contributed by atoms with Crippen LogP contribution in [0, 0.1) is 5.82 Å². The van der Waals surface area contributed by atoms with E-state index in [1.807, 2.05) is 0 Å². The van der Waals surface area contributed by atoms with Gasteiger partial charge in [0.1, 0.15) is 5.82 Å². The van der Waals surface area contributed by atoms with Gasteiger partial charge >= 0.3 is 0 Å². The first kappa shape index (κ1) is 15.5. The lowest BCUT2D eigenvalue weighted by Gasteiger charge is -2.09. The van der Waals surface area contributed by atoms with Crippen molar-refractivity contribution in [3.63, 3.8) is 0 Å². The molecule has 1 aromatic heterocycles. The first-order valence-corrected chi connectivity index (χ1v) is 6.88. The van der Waals surface area contributed by atoms with Crippen molar-refractivity contribution < 1.29 is 13.8 Å². The van der Waals surface area contributed by atoms with Crippen LogP contribution in [0.1, 0.15) is 5.69 Å². The van der Waals surface area contributed by atoms with E-state index in [9.17, 15) is 4.39 Å². The third-order valence-electron chi connectivity index (χ3n) is 2.59. The van der Waals surface area contributed by atoms with Gasteiger partial charge in [-0.15, -0.1) is 0 Å². The molecule has 0 radical (unpaired) electrons. The van der Waals surface area contributed by atoms with Crippen molar-refractivity contribution in [1.29, 1.82) is 0 Å². The fourth-order valence-electron chi connectivity index (χ4n) is 1.58. The van der Waals surface area contributed by atoms with E-state index in [0.717, 1.165) is 0 Å². The van der Waals surface area contributed by atoms with Crippen molar-refractivity contribution >= 4 is 33.1 Å². The molecule has 1 aromatic carbocycles. The number of nitrogens with one attached hydrogen (secondary N) is 2. The predicted octanol–water partition coefficient (Wildman–Crippen LogP) is 3.11. The summed E-state index contributed by atoms with van der Waals surface area (Å²) < 4.78 is 23.2. The Morgan fingerprint density at radius 2 is 2.29 bits per heavy atom. The summed E-state index contributed by atoms with van der Waals surface area (Å²) in [5.41, 5.74) is 1.60. The lowest BCUT2D eigenvalue weighted by Crippen LogP contribution is -2.10. The van der Waals surface area contributed by atoms with Crippen LogP contribution in [-0.4, -0.2) is 30.6 Å². The van der Waals surface area contributed by atoms with E-state index >= 15 is 0 Å². The molecule has 2 N–H and O–H groups in total. The first-order valence-electron chi connectivity index (χ1n) is 6.08. The van der Waals surface area contributed by atoms with E-state index in [-0.39, 0.29) is 5.82 Å². The maximum absolute atomic E-state index is 13.2. The maximum atomic E-state index is 13.2. The number of hydrogen-bond donors (Lipinski definition) is 2. The normalized spacial score (nSPS) is 10.4. The molecule has 2 aromatic rings. The summed E-state index contributed by atoms with van der Waals surface area (Å²) in [5.74, 6) is 0.127. The zero-order valence-corrected chi connectivity index (χ0v) is 12.9. The lowest BCUT2D eigenvalue weighted by molar-refractivity contribution is 0.210. The Morgan fingerprint density at radius 3 is 3.00 bits per heavy atom. The molecule has 8 heteroatoms.